The molecule has 2 rings (SSSR count). The Hall–Kier alpha value is 0.310. The molecule has 2 heterocycles. The van der Waals surface area contributed by atoms with Crippen LogP contribution in [0.4, 0.5) is 0 Å². The third kappa shape index (κ3) is 1.24. The van der Waals surface area contributed by atoms with Crippen molar-refractivity contribution < 1.29 is 0 Å². The van der Waals surface area contributed by atoms with Crippen LogP contribution in [0.25, 0.3) is 0 Å². The Bertz CT molecular complexity index is 93.1. The molecule has 2 unspecified atom stereocenters. The van der Waals surface area contributed by atoms with Gasteiger partial charge in [0.1, 0.15) is 0 Å². The van der Waals surface area contributed by atoms with Crippen molar-refractivity contribution in [3.05, 3.63) is 0 Å². The van der Waals surface area contributed by atoms with E-state index in [1.54, 1.807) is 0 Å². The Morgan fingerprint density at radius 2 is 2.44 bits per heavy atom. The normalized spacial score (nSPS) is 42.7. The molecule has 0 aromatic heterocycles. The summed E-state index contributed by atoms with van der Waals surface area (Å²) in [6, 6.07) is 0. The smallest absolute Gasteiger partial charge is 0.00626 e. The molecule has 2 aliphatic rings. The van der Waals surface area contributed by atoms with E-state index in [9.17, 15) is 0 Å². The van der Waals surface area contributed by atoms with Crippen LogP contribution in [0.2, 0.25) is 0 Å². The van der Waals surface area contributed by atoms with Crippen LogP contribution in [-0.2, 0) is 0 Å². The van der Waals surface area contributed by atoms with Crippen LogP contribution in [0.1, 0.15) is 12.8 Å². The second kappa shape index (κ2) is 2.51. The number of rotatable bonds is 0. The SMILES string of the molecule is C1CC2CC(CN1)CS2. The lowest BCUT2D eigenvalue weighted by Gasteiger charge is -2.07. The van der Waals surface area contributed by atoms with Gasteiger partial charge in [0.25, 0.3) is 0 Å². The fourth-order valence-electron chi connectivity index (χ4n) is 1.69. The Balaban J connectivity index is 1.99. The van der Waals surface area contributed by atoms with Crippen LogP contribution >= 0.6 is 11.8 Å². The van der Waals surface area contributed by atoms with Gasteiger partial charge in [0.2, 0.25) is 0 Å². The highest BCUT2D eigenvalue weighted by atomic mass is 32.2. The zero-order valence-electron chi connectivity index (χ0n) is 5.60. The van der Waals surface area contributed by atoms with Crippen molar-refractivity contribution >= 4 is 11.8 Å². The van der Waals surface area contributed by atoms with Crippen LogP contribution in [0.5, 0.6) is 0 Å². The minimum absolute atomic E-state index is 1.00. The van der Waals surface area contributed by atoms with Crippen LogP contribution < -0.4 is 5.32 Å². The van der Waals surface area contributed by atoms with Crippen LogP contribution in [-0.4, -0.2) is 24.1 Å². The van der Waals surface area contributed by atoms with Gasteiger partial charge in [-0.1, -0.05) is 0 Å². The van der Waals surface area contributed by atoms with E-state index in [4.69, 9.17) is 0 Å². The maximum atomic E-state index is 3.47. The summed E-state index contributed by atoms with van der Waals surface area (Å²) in [5, 5.41) is 4.47. The lowest BCUT2D eigenvalue weighted by Crippen LogP contribution is -2.21. The molecular weight excluding hydrogens is 130 g/mol. The average molecular weight is 143 g/mol. The highest BCUT2D eigenvalue weighted by Crippen LogP contribution is 2.34. The van der Waals surface area contributed by atoms with E-state index in [0.29, 0.717) is 0 Å². The van der Waals surface area contributed by atoms with Gasteiger partial charge < -0.3 is 5.32 Å². The van der Waals surface area contributed by atoms with Crippen molar-refractivity contribution in [2.45, 2.75) is 18.1 Å². The summed E-state index contributed by atoms with van der Waals surface area (Å²) < 4.78 is 0. The summed E-state index contributed by atoms with van der Waals surface area (Å²) in [4.78, 5) is 0. The fraction of sp³-hybridized carbons (Fsp3) is 1.00. The summed E-state index contributed by atoms with van der Waals surface area (Å²) in [6.45, 7) is 2.54. The number of fused-ring (bicyclic) bond motifs is 2. The molecule has 2 atom stereocenters. The van der Waals surface area contributed by atoms with E-state index in [0.717, 1.165) is 11.2 Å². The minimum atomic E-state index is 1.00. The zero-order chi connectivity index (χ0) is 6.10. The quantitative estimate of drug-likeness (QED) is 0.545. The van der Waals surface area contributed by atoms with E-state index in [2.05, 4.69) is 17.1 Å². The second-order valence-corrected chi connectivity index (χ2v) is 4.38. The number of hydrogen-bond donors (Lipinski definition) is 1. The van der Waals surface area contributed by atoms with Crippen LogP contribution in [0, 0.1) is 5.92 Å². The zero-order valence-corrected chi connectivity index (χ0v) is 6.41. The molecule has 1 nitrogen and oxygen atoms in total. The van der Waals surface area contributed by atoms with E-state index >= 15 is 0 Å². The predicted molar refractivity (Wildman–Crippen MR) is 41.8 cm³/mol. The van der Waals surface area contributed by atoms with Crippen molar-refractivity contribution in [3.8, 4) is 0 Å². The average Bonchev–Trinajstić information content (AvgIpc) is 2.09. The Kier molecular flexibility index (Phi) is 1.68. The van der Waals surface area contributed by atoms with Gasteiger partial charge >= 0.3 is 0 Å². The number of hydrogen-bond acceptors (Lipinski definition) is 2. The van der Waals surface area contributed by atoms with Crippen molar-refractivity contribution in [2.75, 3.05) is 18.8 Å². The molecule has 2 aliphatic heterocycles. The second-order valence-electron chi connectivity index (χ2n) is 3.05. The number of nitrogens with one attached hydrogen (secondary N) is 1. The van der Waals surface area contributed by atoms with Gasteiger partial charge in [-0.3, -0.25) is 0 Å². The van der Waals surface area contributed by atoms with E-state index in [-0.39, 0.29) is 0 Å². The first-order chi connectivity index (χ1) is 4.45. The Morgan fingerprint density at radius 1 is 1.44 bits per heavy atom. The molecule has 0 aromatic rings. The predicted octanol–water partition coefficient (Wildman–Crippen LogP) is 1.10. The molecule has 2 bridgehead atoms. The lowest BCUT2D eigenvalue weighted by atomic mass is 10.1. The van der Waals surface area contributed by atoms with Crippen molar-refractivity contribution in [1.82, 2.24) is 5.32 Å². The fourth-order valence-corrected chi connectivity index (χ4v) is 3.18. The van der Waals surface area contributed by atoms with E-state index in [1.165, 1.54) is 31.7 Å². The van der Waals surface area contributed by atoms with Crippen molar-refractivity contribution in [2.24, 2.45) is 5.92 Å². The van der Waals surface area contributed by atoms with Gasteiger partial charge in [-0.25, -0.2) is 0 Å². The van der Waals surface area contributed by atoms with Crippen LogP contribution in [0.15, 0.2) is 0 Å². The molecule has 2 heteroatoms. The summed E-state index contributed by atoms with van der Waals surface area (Å²) in [7, 11) is 0. The van der Waals surface area contributed by atoms with E-state index in [1.807, 2.05) is 0 Å². The lowest BCUT2D eigenvalue weighted by molar-refractivity contribution is 0.556. The third-order valence-electron chi connectivity index (χ3n) is 2.24. The summed E-state index contributed by atoms with van der Waals surface area (Å²) in [5.74, 6) is 2.42. The molecule has 2 fully saturated rings. The van der Waals surface area contributed by atoms with Gasteiger partial charge in [-0.2, -0.15) is 11.8 Å². The van der Waals surface area contributed by atoms with Crippen LogP contribution in [0.3, 0.4) is 0 Å². The van der Waals surface area contributed by atoms with Gasteiger partial charge in [0.05, 0.1) is 0 Å². The standard InChI is InChI=1S/C7H13NS/c1-2-8-4-6-3-7(1)9-5-6/h6-8H,1-5H2. The van der Waals surface area contributed by atoms with Crippen molar-refractivity contribution in [1.29, 1.82) is 0 Å². The molecule has 0 saturated carbocycles. The van der Waals surface area contributed by atoms with Gasteiger partial charge in [0, 0.05) is 5.25 Å². The first-order valence-corrected chi connectivity index (χ1v) is 4.82. The number of thioether (sulfide) groups is 1. The summed E-state index contributed by atoms with van der Waals surface area (Å²) >= 11 is 2.19. The molecule has 0 aliphatic carbocycles. The first-order valence-electron chi connectivity index (χ1n) is 3.77. The van der Waals surface area contributed by atoms with Gasteiger partial charge in [-0.05, 0) is 37.6 Å². The minimum Gasteiger partial charge on any atom is -0.316 e. The van der Waals surface area contributed by atoms with Crippen molar-refractivity contribution in [3.63, 3.8) is 0 Å². The molecular formula is C7H13NS. The molecule has 0 spiro atoms. The highest BCUT2D eigenvalue weighted by molar-refractivity contribution is 8.00. The molecule has 0 radical (unpaired) electrons. The summed E-state index contributed by atoms with van der Waals surface area (Å²) in [6.07, 6.45) is 2.89. The van der Waals surface area contributed by atoms with E-state index < -0.39 is 0 Å². The third-order valence-corrected chi connectivity index (χ3v) is 3.80. The van der Waals surface area contributed by atoms with Gasteiger partial charge in [-0.15, -0.1) is 0 Å². The molecule has 1 N–H and O–H groups in total. The topological polar surface area (TPSA) is 12.0 Å². The molecule has 52 valence electrons. The first kappa shape index (κ1) is 6.05. The molecule has 2 saturated heterocycles. The largest absolute Gasteiger partial charge is 0.316 e. The maximum absolute atomic E-state index is 3.47. The Labute approximate surface area is 60.6 Å². The maximum Gasteiger partial charge on any atom is 0.00626 e. The Morgan fingerprint density at radius 3 is 3.44 bits per heavy atom. The molecule has 9 heavy (non-hydrogen) atoms. The highest BCUT2D eigenvalue weighted by Gasteiger charge is 2.26. The summed E-state index contributed by atoms with van der Waals surface area (Å²) in [5.41, 5.74) is 0. The monoisotopic (exact) mass is 143 g/mol. The molecule has 0 aromatic carbocycles. The molecule has 0 amide bonds. The van der Waals surface area contributed by atoms with Gasteiger partial charge in [0.15, 0.2) is 0 Å².